The zero-order chi connectivity index (χ0) is 13.8. The van der Waals surface area contributed by atoms with E-state index in [0.29, 0.717) is 11.3 Å². The maximum atomic E-state index is 12.0. The van der Waals surface area contributed by atoms with Crippen molar-refractivity contribution < 1.29 is 19.1 Å². The van der Waals surface area contributed by atoms with Crippen LogP contribution < -0.4 is 5.32 Å². The van der Waals surface area contributed by atoms with Crippen LogP contribution in [0.2, 0.25) is 0 Å². The van der Waals surface area contributed by atoms with Crippen LogP contribution in [0, 0.1) is 12.8 Å². The summed E-state index contributed by atoms with van der Waals surface area (Å²) in [6.45, 7) is 1.69. The Balaban J connectivity index is 2.06. The van der Waals surface area contributed by atoms with Crippen LogP contribution in [0.3, 0.4) is 0 Å². The quantitative estimate of drug-likeness (QED) is 0.875. The van der Waals surface area contributed by atoms with E-state index in [-0.39, 0.29) is 11.8 Å². The van der Waals surface area contributed by atoms with Crippen molar-refractivity contribution in [2.75, 3.05) is 0 Å². The number of carbonyl (C=O) groups excluding carboxylic acids is 1. The number of amides is 1. The number of nitrogens with one attached hydrogen (secondary N) is 1. The van der Waals surface area contributed by atoms with Crippen molar-refractivity contribution in [2.45, 2.75) is 45.1 Å². The number of carbonyl (C=O) groups is 2. The molecule has 0 radical (unpaired) electrons. The van der Waals surface area contributed by atoms with E-state index in [1.54, 1.807) is 13.0 Å². The SMILES string of the molecule is Cc1occc1C(=O)NC(C(=O)O)C1CCCCC1. The molecule has 5 heteroatoms. The molecule has 2 rings (SSSR count). The first-order valence-corrected chi connectivity index (χ1v) is 6.67. The number of hydrogen-bond donors (Lipinski definition) is 2. The molecule has 1 aliphatic carbocycles. The fourth-order valence-corrected chi connectivity index (χ4v) is 2.69. The van der Waals surface area contributed by atoms with Gasteiger partial charge in [-0.05, 0) is 31.7 Å². The lowest BCUT2D eigenvalue weighted by Crippen LogP contribution is -2.46. The van der Waals surface area contributed by atoms with E-state index in [0.717, 1.165) is 32.1 Å². The molecule has 19 heavy (non-hydrogen) atoms. The third kappa shape index (κ3) is 3.16. The molecule has 2 N–H and O–H groups in total. The van der Waals surface area contributed by atoms with E-state index < -0.39 is 12.0 Å². The van der Waals surface area contributed by atoms with Gasteiger partial charge in [-0.25, -0.2) is 4.79 Å². The van der Waals surface area contributed by atoms with Crippen LogP contribution in [0.1, 0.15) is 48.2 Å². The minimum atomic E-state index is -0.957. The van der Waals surface area contributed by atoms with E-state index in [9.17, 15) is 14.7 Å². The van der Waals surface area contributed by atoms with Crippen LogP contribution in [0.5, 0.6) is 0 Å². The number of hydrogen-bond acceptors (Lipinski definition) is 3. The summed E-state index contributed by atoms with van der Waals surface area (Å²) in [7, 11) is 0. The molecule has 0 bridgehead atoms. The van der Waals surface area contributed by atoms with Crippen LogP contribution in [-0.4, -0.2) is 23.0 Å². The summed E-state index contributed by atoms with van der Waals surface area (Å²) in [5.41, 5.74) is 0.405. The third-order valence-electron chi connectivity index (χ3n) is 3.78. The van der Waals surface area contributed by atoms with Gasteiger partial charge in [0.15, 0.2) is 0 Å². The van der Waals surface area contributed by atoms with Crippen LogP contribution in [0.15, 0.2) is 16.7 Å². The van der Waals surface area contributed by atoms with Crippen LogP contribution in [0.25, 0.3) is 0 Å². The van der Waals surface area contributed by atoms with Gasteiger partial charge in [-0.1, -0.05) is 19.3 Å². The molecule has 1 aliphatic rings. The van der Waals surface area contributed by atoms with Crippen molar-refractivity contribution in [3.8, 4) is 0 Å². The molecule has 104 valence electrons. The molecule has 1 unspecified atom stereocenters. The minimum absolute atomic E-state index is 0.0300. The average Bonchev–Trinajstić information content (AvgIpc) is 2.82. The van der Waals surface area contributed by atoms with Crippen molar-refractivity contribution >= 4 is 11.9 Å². The van der Waals surface area contributed by atoms with Crippen molar-refractivity contribution in [3.63, 3.8) is 0 Å². The number of furan rings is 1. The minimum Gasteiger partial charge on any atom is -0.480 e. The van der Waals surface area contributed by atoms with Gasteiger partial charge in [0.2, 0.25) is 0 Å². The molecule has 1 aromatic rings. The predicted octanol–water partition coefficient (Wildman–Crippen LogP) is 2.35. The summed E-state index contributed by atoms with van der Waals surface area (Å²) in [5, 5.41) is 11.9. The molecule has 1 fully saturated rings. The topological polar surface area (TPSA) is 79.5 Å². The van der Waals surface area contributed by atoms with Gasteiger partial charge in [-0.2, -0.15) is 0 Å². The Labute approximate surface area is 112 Å². The summed E-state index contributed by atoms with van der Waals surface area (Å²) in [4.78, 5) is 23.4. The largest absolute Gasteiger partial charge is 0.480 e. The lowest BCUT2D eigenvalue weighted by atomic mass is 9.84. The van der Waals surface area contributed by atoms with Crippen molar-refractivity contribution in [3.05, 3.63) is 23.7 Å². The lowest BCUT2D eigenvalue weighted by Gasteiger charge is -2.27. The Morgan fingerprint density at radius 2 is 2.05 bits per heavy atom. The van der Waals surface area contributed by atoms with E-state index in [1.807, 2.05) is 0 Å². The average molecular weight is 265 g/mol. The van der Waals surface area contributed by atoms with Gasteiger partial charge in [0, 0.05) is 0 Å². The van der Waals surface area contributed by atoms with E-state index in [4.69, 9.17) is 4.42 Å². The Kier molecular flexibility index (Phi) is 4.24. The Hall–Kier alpha value is -1.78. The zero-order valence-corrected chi connectivity index (χ0v) is 11.0. The summed E-state index contributed by atoms with van der Waals surface area (Å²) in [5.74, 6) is -0.793. The molecule has 5 nitrogen and oxygen atoms in total. The van der Waals surface area contributed by atoms with Gasteiger partial charge in [0.1, 0.15) is 11.8 Å². The highest BCUT2D eigenvalue weighted by Crippen LogP contribution is 2.27. The first-order chi connectivity index (χ1) is 9.09. The molecule has 1 heterocycles. The highest BCUT2D eigenvalue weighted by atomic mass is 16.4. The monoisotopic (exact) mass is 265 g/mol. The first-order valence-electron chi connectivity index (χ1n) is 6.67. The Morgan fingerprint density at radius 1 is 1.37 bits per heavy atom. The maximum Gasteiger partial charge on any atom is 0.326 e. The molecule has 1 saturated carbocycles. The van der Waals surface area contributed by atoms with Gasteiger partial charge in [0.25, 0.3) is 5.91 Å². The number of carboxylic acids is 1. The molecular formula is C14H19NO4. The molecule has 0 aromatic carbocycles. The third-order valence-corrected chi connectivity index (χ3v) is 3.78. The maximum absolute atomic E-state index is 12.0. The van der Waals surface area contributed by atoms with Crippen LogP contribution in [-0.2, 0) is 4.79 Å². The molecule has 0 saturated heterocycles. The van der Waals surface area contributed by atoms with Crippen molar-refractivity contribution in [2.24, 2.45) is 5.92 Å². The summed E-state index contributed by atoms with van der Waals surface area (Å²) < 4.78 is 5.06. The van der Waals surface area contributed by atoms with Gasteiger partial charge in [-0.15, -0.1) is 0 Å². The van der Waals surface area contributed by atoms with Gasteiger partial charge < -0.3 is 14.8 Å². The van der Waals surface area contributed by atoms with Gasteiger partial charge >= 0.3 is 5.97 Å². The van der Waals surface area contributed by atoms with E-state index in [2.05, 4.69) is 5.32 Å². The summed E-state index contributed by atoms with van der Waals surface area (Å²) >= 11 is 0. The second-order valence-electron chi connectivity index (χ2n) is 5.08. The Morgan fingerprint density at radius 3 is 2.58 bits per heavy atom. The van der Waals surface area contributed by atoms with Gasteiger partial charge in [0.05, 0.1) is 11.8 Å². The number of aryl methyl sites for hydroxylation is 1. The highest BCUT2D eigenvalue weighted by molar-refractivity contribution is 5.97. The lowest BCUT2D eigenvalue weighted by molar-refractivity contribution is -0.141. The zero-order valence-electron chi connectivity index (χ0n) is 11.0. The predicted molar refractivity (Wildman–Crippen MR) is 68.9 cm³/mol. The van der Waals surface area contributed by atoms with Crippen LogP contribution >= 0.6 is 0 Å². The van der Waals surface area contributed by atoms with Crippen LogP contribution in [0.4, 0.5) is 0 Å². The standard InChI is InChI=1S/C14H19NO4/c1-9-11(7-8-19-9)13(16)15-12(14(17)18)10-5-3-2-4-6-10/h7-8,10,12H,2-6H2,1H3,(H,15,16)(H,17,18). The smallest absolute Gasteiger partial charge is 0.326 e. The second kappa shape index (κ2) is 5.91. The summed E-state index contributed by atoms with van der Waals surface area (Å²) in [6.07, 6.45) is 6.38. The Bertz CT molecular complexity index is 460. The fraction of sp³-hybridized carbons (Fsp3) is 0.571. The molecule has 0 aliphatic heterocycles. The number of aliphatic carboxylic acids is 1. The molecular weight excluding hydrogens is 246 g/mol. The molecule has 1 aromatic heterocycles. The first kappa shape index (κ1) is 13.6. The summed E-state index contributed by atoms with van der Waals surface area (Å²) in [6, 6.07) is 0.756. The normalized spacial score (nSPS) is 17.9. The highest BCUT2D eigenvalue weighted by Gasteiger charge is 2.31. The second-order valence-corrected chi connectivity index (χ2v) is 5.08. The van der Waals surface area contributed by atoms with E-state index in [1.165, 1.54) is 6.26 Å². The molecule has 1 amide bonds. The fourth-order valence-electron chi connectivity index (χ4n) is 2.69. The van der Waals surface area contributed by atoms with E-state index >= 15 is 0 Å². The van der Waals surface area contributed by atoms with Crippen molar-refractivity contribution in [1.29, 1.82) is 0 Å². The number of rotatable bonds is 4. The van der Waals surface area contributed by atoms with Crippen molar-refractivity contribution in [1.82, 2.24) is 5.32 Å². The number of carboxylic acid groups (broad SMARTS) is 1. The van der Waals surface area contributed by atoms with Gasteiger partial charge in [-0.3, -0.25) is 4.79 Å². The molecule has 0 spiro atoms. The molecule has 1 atom stereocenters.